The van der Waals surface area contributed by atoms with E-state index in [1.807, 2.05) is 37.3 Å². The van der Waals surface area contributed by atoms with Crippen LogP contribution in [0.25, 0.3) is 17.2 Å². The molecule has 0 radical (unpaired) electrons. The molecule has 8 nitrogen and oxygen atoms in total. The Labute approximate surface area is 237 Å². The third-order valence-corrected chi connectivity index (χ3v) is 9.63. The zero-order valence-corrected chi connectivity index (χ0v) is 24.1. The number of carbonyl (C=O) groups is 2. The Kier molecular flexibility index (Phi) is 8.26. The lowest BCUT2D eigenvalue weighted by molar-refractivity contribution is -0.116. The number of likely N-dealkylation sites (tertiary alicyclic amines) is 1. The van der Waals surface area contributed by atoms with Gasteiger partial charge >= 0.3 is 0 Å². The number of nitrogens with zero attached hydrogens (tertiary/aromatic N) is 2. The van der Waals surface area contributed by atoms with Crippen LogP contribution >= 0.6 is 0 Å². The molecule has 0 bridgehead atoms. The van der Waals surface area contributed by atoms with Crippen LogP contribution in [-0.2, 0) is 21.2 Å². The SMILES string of the molecule is Cc1c(NC(=O)CCN2CCCCC2)cccc1-c1ccc(C(N)=O)c2c1C=C(C1=CCN(S(C)(=O)=O)CC1)C2. The molecule has 1 fully saturated rings. The lowest BCUT2D eigenvalue weighted by atomic mass is 9.90. The van der Waals surface area contributed by atoms with Crippen LogP contribution < -0.4 is 11.1 Å². The molecule has 0 aromatic heterocycles. The maximum Gasteiger partial charge on any atom is 0.249 e. The highest BCUT2D eigenvalue weighted by Gasteiger charge is 2.27. The topological polar surface area (TPSA) is 113 Å². The lowest BCUT2D eigenvalue weighted by Gasteiger charge is -2.26. The number of anilines is 1. The number of allylic oxidation sites excluding steroid dienone is 1. The summed E-state index contributed by atoms with van der Waals surface area (Å²) in [4.78, 5) is 27.5. The minimum absolute atomic E-state index is 0.00897. The first-order valence-electron chi connectivity index (χ1n) is 14.0. The summed E-state index contributed by atoms with van der Waals surface area (Å²) in [5, 5.41) is 3.12. The Hall–Kier alpha value is -3.27. The summed E-state index contributed by atoms with van der Waals surface area (Å²) >= 11 is 0. The van der Waals surface area contributed by atoms with Crippen LogP contribution in [-0.4, -0.2) is 68.4 Å². The molecular formula is C31H38N4O4S. The highest BCUT2D eigenvalue weighted by molar-refractivity contribution is 7.88. The number of nitrogens with one attached hydrogen (secondary N) is 1. The van der Waals surface area contributed by atoms with Crippen LogP contribution in [0.1, 0.15) is 59.2 Å². The monoisotopic (exact) mass is 562 g/mol. The quantitative estimate of drug-likeness (QED) is 0.503. The van der Waals surface area contributed by atoms with Gasteiger partial charge in [-0.25, -0.2) is 8.42 Å². The van der Waals surface area contributed by atoms with Crippen molar-refractivity contribution in [3.8, 4) is 11.1 Å². The Balaban J connectivity index is 1.41. The molecule has 212 valence electrons. The van der Waals surface area contributed by atoms with Crippen molar-refractivity contribution in [1.29, 1.82) is 0 Å². The molecule has 1 aliphatic carbocycles. The van der Waals surface area contributed by atoms with E-state index in [-0.39, 0.29) is 5.91 Å². The van der Waals surface area contributed by atoms with Gasteiger partial charge in [-0.2, -0.15) is 4.31 Å². The summed E-state index contributed by atoms with van der Waals surface area (Å²) in [6.07, 6.45) is 10.6. The summed E-state index contributed by atoms with van der Waals surface area (Å²) in [6, 6.07) is 9.63. The second-order valence-corrected chi connectivity index (χ2v) is 13.0. The Morgan fingerprint density at radius 2 is 1.77 bits per heavy atom. The van der Waals surface area contributed by atoms with Crippen molar-refractivity contribution in [3.63, 3.8) is 0 Å². The molecule has 3 N–H and O–H groups in total. The van der Waals surface area contributed by atoms with Gasteiger partial charge in [0, 0.05) is 37.3 Å². The fourth-order valence-corrected chi connectivity index (χ4v) is 6.84. The third-order valence-electron chi connectivity index (χ3n) is 8.36. The zero-order chi connectivity index (χ0) is 28.4. The lowest BCUT2D eigenvalue weighted by Crippen LogP contribution is -2.34. The van der Waals surface area contributed by atoms with E-state index >= 15 is 0 Å². The largest absolute Gasteiger partial charge is 0.366 e. The van der Waals surface area contributed by atoms with Crippen LogP contribution in [0.2, 0.25) is 0 Å². The van der Waals surface area contributed by atoms with Crippen LogP contribution in [0.15, 0.2) is 47.6 Å². The molecule has 5 rings (SSSR count). The second kappa shape index (κ2) is 11.7. The van der Waals surface area contributed by atoms with Crippen molar-refractivity contribution >= 4 is 33.6 Å². The average Bonchev–Trinajstić information content (AvgIpc) is 3.38. The Bertz CT molecular complexity index is 1500. The molecule has 2 aromatic carbocycles. The standard InChI is InChI=1S/C31H38N4O4S/c1-21-24(7-6-8-29(21)33-30(36)13-16-34-14-4-3-5-15-34)25-9-10-26(31(32)37)28-20-23(19-27(25)28)22-11-17-35(18-12-22)40(2,38)39/h6-11,19H,3-5,12-18,20H2,1-2H3,(H2,32,37)(H,33,36). The van der Waals surface area contributed by atoms with Crippen LogP contribution in [0.5, 0.6) is 0 Å². The van der Waals surface area contributed by atoms with Gasteiger partial charge in [-0.3, -0.25) is 9.59 Å². The van der Waals surface area contributed by atoms with E-state index in [1.165, 1.54) is 29.8 Å². The van der Waals surface area contributed by atoms with Gasteiger partial charge in [0.15, 0.2) is 0 Å². The fraction of sp³-hybridized carbons (Fsp3) is 0.419. The maximum absolute atomic E-state index is 12.8. The number of piperidine rings is 1. The number of hydrogen-bond acceptors (Lipinski definition) is 5. The molecule has 2 heterocycles. The van der Waals surface area contributed by atoms with Crippen LogP contribution in [0.3, 0.4) is 0 Å². The number of benzene rings is 2. The minimum Gasteiger partial charge on any atom is -0.366 e. The number of rotatable bonds is 8. The Morgan fingerprint density at radius 3 is 2.45 bits per heavy atom. The van der Waals surface area contributed by atoms with Crippen molar-refractivity contribution in [2.45, 2.75) is 45.4 Å². The van der Waals surface area contributed by atoms with Gasteiger partial charge in [-0.05, 0) is 96.8 Å². The first-order chi connectivity index (χ1) is 19.1. The number of carbonyl (C=O) groups excluding carboxylic acids is 2. The molecule has 2 aromatic rings. The van der Waals surface area contributed by atoms with Gasteiger partial charge in [0.05, 0.1) is 6.26 Å². The summed E-state index contributed by atoms with van der Waals surface area (Å²) in [6.45, 7) is 5.70. The molecule has 0 atom stereocenters. The van der Waals surface area contributed by atoms with Gasteiger partial charge in [0.25, 0.3) is 0 Å². The van der Waals surface area contributed by atoms with Crippen LogP contribution in [0.4, 0.5) is 5.69 Å². The van der Waals surface area contributed by atoms with Gasteiger partial charge in [-0.15, -0.1) is 0 Å². The first-order valence-corrected chi connectivity index (χ1v) is 15.9. The number of amides is 2. The van der Waals surface area contributed by atoms with E-state index in [9.17, 15) is 18.0 Å². The average molecular weight is 563 g/mol. The van der Waals surface area contributed by atoms with Crippen molar-refractivity contribution in [2.75, 3.05) is 44.3 Å². The van der Waals surface area contributed by atoms with E-state index in [2.05, 4.69) is 16.3 Å². The van der Waals surface area contributed by atoms with E-state index in [1.54, 1.807) is 6.07 Å². The second-order valence-electron chi connectivity index (χ2n) is 11.0. The molecule has 2 amide bonds. The normalized spacial score (nSPS) is 18.1. The highest BCUT2D eigenvalue weighted by Crippen LogP contribution is 2.41. The first kappa shape index (κ1) is 28.3. The summed E-state index contributed by atoms with van der Waals surface area (Å²) in [7, 11) is -3.24. The third kappa shape index (κ3) is 6.06. The smallest absolute Gasteiger partial charge is 0.249 e. The predicted octanol–water partition coefficient (Wildman–Crippen LogP) is 4.11. The molecule has 0 saturated carbocycles. The molecule has 0 unspecified atom stereocenters. The number of primary amides is 1. The summed E-state index contributed by atoms with van der Waals surface area (Å²) in [5.41, 5.74) is 14.0. The van der Waals surface area contributed by atoms with Gasteiger partial charge in [0.2, 0.25) is 21.8 Å². The Morgan fingerprint density at radius 1 is 1.00 bits per heavy atom. The van der Waals surface area contributed by atoms with Crippen molar-refractivity contribution < 1.29 is 18.0 Å². The number of hydrogen-bond donors (Lipinski definition) is 2. The van der Waals surface area contributed by atoms with Gasteiger partial charge < -0.3 is 16.0 Å². The minimum atomic E-state index is -3.24. The number of fused-ring (bicyclic) bond motifs is 1. The van der Waals surface area contributed by atoms with E-state index in [4.69, 9.17) is 5.73 Å². The molecule has 9 heteroatoms. The highest BCUT2D eigenvalue weighted by atomic mass is 32.2. The molecule has 2 aliphatic heterocycles. The van der Waals surface area contributed by atoms with Crippen molar-refractivity contribution in [3.05, 3.63) is 69.8 Å². The maximum atomic E-state index is 12.8. The predicted molar refractivity (Wildman–Crippen MR) is 159 cm³/mol. The van der Waals surface area contributed by atoms with Gasteiger partial charge in [0.1, 0.15) is 0 Å². The molecule has 0 spiro atoms. The summed E-state index contributed by atoms with van der Waals surface area (Å²) < 4.78 is 25.4. The van der Waals surface area contributed by atoms with Gasteiger partial charge in [-0.1, -0.05) is 36.8 Å². The van der Waals surface area contributed by atoms with E-state index < -0.39 is 15.9 Å². The zero-order valence-electron chi connectivity index (χ0n) is 23.3. The number of sulfonamides is 1. The molecule has 3 aliphatic rings. The van der Waals surface area contributed by atoms with Crippen molar-refractivity contribution in [1.82, 2.24) is 9.21 Å². The van der Waals surface area contributed by atoms with E-state index in [0.29, 0.717) is 37.9 Å². The molecule has 1 saturated heterocycles. The fourth-order valence-electron chi connectivity index (χ4n) is 6.07. The number of nitrogens with two attached hydrogens (primary N) is 1. The van der Waals surface area contributed by atoms with E-state index in [0.717, 1.165) is 64.3 Å². The van der Waals surface area contributed by atoms with Crippen LogP contribution in [0, 0.1) is 6.92 Å². The molecular weight excluding hydrogens is 524 g/mol. The molecule has 40 heavy (non-hydrogen) atoms. The van der Waals surface area contributed by atoms with Crippen molar-refractivity contribution in [2.24, 2.45) is 5.73 Å². The summed E-state index contributed by atoms with van der Waals surface area (Å²) in [5.74, 6) is -0.459.